The molecular formula is C13H13NO4. The van der Waals surface area contributed by atoms with Gasteiger partial charge in [0.1, 0.15) is 0 Å². The summed E-state index contributed by atoms with van der Waals surface area (Å²) in [4.78, 5) is 25.2. The fraction of sp³-hybridized carbons (Fsp3) is 0.231. The van der Waals surface area contributed by atoms with Gasteiger partial charge in [-0.05, 0) is 11.6 Å². The molecule has 1 aromatic heterocycles. The van der Waals surface area contributed by atoms with Gasteiger partial charge in [-0.2, -0.15) is 0 Å². The number of esters is 1. The van der Waals surface area contributed by atoms with Crippen LogP contribution in [-0.2, 0) is 27.2 Å². The van der Waals surface area contributed by atoms with Gasteiger partial charge in [0, 0.05) is 16.6 Å². The number of methoxy groups -OCH3 is 1. The zero-order chi connectivity index (χ0) is 13.1. The minimum absolute atomic E-state index is 0.0725. The van der Waals surface area contributed by atoms with Crippen molar-refractivity contribution in [2.75, 3.05) is 7.11 Å². The molecule has 2 aromatic rings. The van der Waals surface area contributed by atoms with E-state index in [1.807, 2.05) is 24.3 Å². The number of aromatic amines is 1. The summed E-state index contributed by atoms with van der Waals surface area (Å²) in [6.45, 7) is 0. The maximum Gasteiger partial charge on any atom is 0.310 e. The molecule has 94 valence electrons. The molecule has 0 spiro atoms. The van der Waals surface area contributed by atoms with Gasteiger partial charge < -0.3 is 14.8 Å². The van der Waals surface area contributed by atoms with Crippen LogP contribution >= 0.6 is 0 Å². The molecule has 5 nitrogen and oxygen atoms in total. The van der Waals surface area contributed by atoms with Crippen LogP contribution in [0.3, 0.4) is 0 Å². The lowest BCUT2D eigenvalue weighted by Gasteiger charge is -2.01. The van der Waals surface area contributed by atoms with E-state index < -0.39 is 5.97 Å². The highest BCUT2D eigenvalue weighted by molar-refractivity contribution is 5.90. The summed E-state index contributed by atoms with van der Waals surface area (Å²) in [5, 5.41) is 9.73. The average molecular weight is 247 g/mol. The molecular weight excluding hydrogens is 234 g/mol. The highest BCUT2D eigenvalue weighted by Gasteiger charge is 2.16. The minimum atomic E-state index is -0.937. The van der Waals surface area contributed by atoms with Crippen LogP contribution < -0.4 is 0 Å². The van der Waals surface area contributed by atoms with Crippen molar-refractivity contribution in [1.82, 2.24) is 4.98 Å². The first-order chi connectivity index (χ1) is 8.61. The second kappa shape index (κ2) is 4.91. The van der Waals surface area contributed by atoms with Crippen molar-refractivity contribution in [3.05, 3.63) is 35.5 Å². The fourth-order valence-electron chi connectivity index (χ4n) is 1.98. The SMILES string of the molecule is COC(=O)Cc1c(CC(=O)O)[nH]c2ccccc12. The minimum Gasteiger partial charge on any atom is -0.481 e. The molecule has 0 aliphatic heterocycles. The van der Waals surface area contributed by atoms with Gasteiger partial charge >= 0.3 is 11.9 Å². The number of aliphatic carboxylic acids is 1. The van der Waals surface area contributed by atoms with Crippen molar-refractivity contribution in [2.45, 2.75) is 12.8 Å². The molecule has 0 aliphatic carbocycles. The van der Waals surface area contributed by atoms with Crippen molar-refractivity contribution < 1.29 is 19.4 Å². The quantitative estimate of drug-likeness (QED) is 0.802. The summed E-state index contributed by atoms with van der Waals surface area (Å²) in [7, 11) is 1.31. The van der Waals surface area contributed by atoms with Crippen molar-refractivity contribution in [3.8, 4) is 0 Å². The van der Waals surface area contributed by atoms with Crippen molar-refractivity contribution in [3.63, 3.8) is 0 Å². The van der Waals surface area contributed by atoms with Gasteiger partial charge in [-0.15, -0.1) is 0 Å². The van der Waals surface area contributed by atoms with Crippen molar-refractivity contribution in [2.24, 2.45) is 0 Å². The Bertz CT molecular complexity index is 600. The molecule has 0 radical (unpaired) electrons. The second-order valence-corrected chi connectivity index (χ2v) is 3.95. The van der Waals surface area contributed by atoms with E-state index >= 15 is 0 Å². The third-order valence-electron chi connectivity index (χ3n) is 2.78. The van der Waals surface area contributed by atoms with E-state index in [-0.39, 0.29) is 18.8 Å². The Balaban J connectivity index is 2.50. The number of benzene rings is 1. The number of carbonyl (C=O) groups is 2. The molecule has 0 fully saturated rings. The van der Waals surface area contributed by atoms with Crippen LogP contribution in [0.25, 0.3) is 10.9 Å². The van der Waals surface area contributed by atoms with Gasteiger partial charge in [0.2, 0.25) is 0 Å². The molecule has 18 heavy (non-hydrogen) atoms. The Morgan fingerprint density at radius 2 is 2.00 bits per heavy atom. The highest BCUT2D eigenvalue weighted by atomic mass is 16.5. The Morgan fingerprint density at radius 1 is 1.28 bits per heavy atom. The van der Waals surface area contributed by atoms with E-state index in [2.05, 4.69) is 9.72 Å². The smallest absolute Gasteiger partial charge is 0.310 e. The molecule has 0 atom stereocenters. The third-order valence-corrected chi connectivity index (χ3v) is 2.78. The molecule has 0 bridgehead atoms. The number of para-hydroxylation sites is 1. The molecule has 1 heterocycles. The number of rotatable bonds is 4. The number of hydrogen-bond acceptors (Lipinski definition) is 3. The van der Waals surface area contributed by atoms with Crippen LogP contribution in [-0.4, -0.2) is 29.1 Å². The summed E-state index contributed by atoms with van der Waals surface area (Å²) in [5.74, 6) is -1.32. The maximum absolute atomic E-state index is 11.4. The van der Waals surface area contributed by atoms with Crippen LogP contribution in [0.15, 0.2) is 24.3 Å². The zero-order valence-electron chi connectivity index (χ0n) is 9.90. The van der Waals surface area contributed by atoms with Crippen molar-refractivity contribution in [1.29, 1.82) is 0 Å². The molecule has 1 aromatic carbocycles. The predicted molar refractivity (Wildman–Crippen MR) is 65.4 cm³/mol. The summed E-state index contributed by atoms with van der Waals surface area (Å²) in [6, 6.07) is 7.41. The summed E-state index contributed by atoms with van der Waals surface area (Å²) in [5.41, 5.74) is 2.07. The van der Waals surface area contributed by atoms with E-state index in [9.17, 15) is 9.59 Å². The Hall–Kier alpha value is -2.30. The first-order valence-corrected chi connectivity index (χ1v) is 5.49. The monoisotopic (exact) mass is 247 g/mol. The van der Waals surface area contributed by atoms with E-state index in [4.69, 9.17) is 5.11 Å². The molecule has 5 heteroatoms. The number of ether oxygens (including phenoxy) is 1. The standard InChI is InChI=1S/C13H13NO4/c1-18-13(17)6-9-8-4-2-3-5-10(8)14-11(9)7-12(15)16/h2-5,14H,6-7H2,1H3,(H,15,16). The van der Waals surface area contributed by atoms with Gasteiger partial charge in [-0.1, -0.05) is 18.2 Å². The molecule has 0 saturated heterocycles. The number of hydrogen-bond donors (Lipinski definition) is 2. The van der Waals surface area contributed by atoms with Gasteiger partial charge in [0.05, 0.1) is 20.0 Å². The topological polar surface area (TPSA) is 79.4 Å². The lowest BCUT2D eigenvalue weighted by molar-refractivity contribution is -0.140. The number of H-pyrrole nitrogens is 1. The van der Waals surface area contributed by atoms with Crippen molar-refractivity contribution >= 4 is 22.8 Å². The average Bonchev–Trinajstić information content (AvgIpc) is 2.66. The van der Waals surface area contributed by atoms with Crippen LogP contribution in [0, 0.1) is 0 Å². The molecule has 2 N–H and O–H groups in total. The van der Waals surface area contributed by atoms with Crippen LogP contribution in [0.2, 0.25) is 0 Å². The van der Waals surface area contributed by atoms with Gasteiger partial charge in [0.25, 0.3) is 0 Å². The van der Waals surface area contributed by atoms with E-state index in [1.54, 1.807) is 0 Å². The highest BCUT2D eigenvalue weighted by Crippen LogP contribution is 2.23. The normalized spacial score (nSPS) is 10.5. The second-order valence-electron chi connectivity index (χ2n) is 3.95. The number of fused-ring (bicyclic) bond motifs is 1. The largest absolute Gasteiger partial charge is 0.481 e. The van der Waals surface area contributed by atoms with Gasteiger partial charge in [0.15, 0.2) is 0 Å². The summed E-state index contributed by atoms with van der Waals surface area (Å²) >= 11 is 0. The molecule has 0 amide bonds. The van der Waals surface area contributed by atoms with Gasteiger partial charge in [-0.25, -0.2) is 0 Å². The Morgan fingerprint density at radius 3 is 2.67 bits per heavy atom. The lowest BCUT2D eigenvalue weighted by atomic mass is 10.1. The zero-order valence-corrected chi connectivity index (χ0v) is 9.90. The molecule has 2 rings (SSSR count). The van der Waals surface area contributed by atoms with E-state index in [0.717, 1.165) is 10.9 Å². The number of carbonyl (C=O) groups excluding carboxylic acids is 1. The number of aromatic nitrogens is 1. The molecule has 0 saturated carbocycles. The van der Waals surface area contributed by atoms with Crippen LogP contribution in [0.5, 0.6) is 0 Å². The molecule has 0 aliphatic rings. The summed E-state index contributed by atoms with van der Waals surface area (Å²) in [6.07, 6.45) is -0.0653. The molecule has 0 unspecified atom stereocenters. The Kier molecular flexibility index (Phi) is 3.32. The predicted octanol–water partition coefficient (Wildman–Crippen LogP) is 1.51. The van der Waals surface area contributed by atoms with Crippen LogP contribution in [0.1, 0.15) is 11.3 Å². The van der Waals surface area contributed by atoms with E-state index in [1.165, 1.54) is 7.11 Å². The fourth-order valence-corrected chi connectivity index (χ4v) is 1.98. The first kappa shape index (κ1) is 12.2. The Labute approximate surface area is 103 Å². The van der Waals surface area contributed by atoms with Crippen LogP contribution in [0.4, 0.5) is 0 Å². The third kappa shape index (κ3) is 2.34. The van der Waals surface area contributed by atoms with E-state index in [0.29, 0.717) is 11.3 Å². The number of carboxylic acids is 1. The first-order valence-electron chi connectivity index (χ1n) is 5.49. The number of carboxylic acid groups (broad SMARTS) is 1. The maximum atomic E-state index is 11.4. The summed E-state index contributed by atoms with van der Waals surface area (Å²) < 4.78 is 4.63. The number of nitrogens with one attached hydrogen (secondary N) is 1. The van der Waals surface area contributed by atoms with Gasteiger partial charge in [-0.3, -0.25) is 9.59 Å². The lowest BCUT2D eigenvalue weighted by Crippen LogP contribution is -2.08.